The lowest BCUT2D eigenvalue weighted by molar-refractivity contribution is -0.115. The van der Waals surface area contributed by atoms with Gasteiger partial charge in [-0.05, 0) is 55.5 Å². The molecule has 0 bridgehead atoms. The Morgan fingerprint density at radius 1 is 0.967 bits per heavy atom. The molecule has 3 aromatic rings. The minimum atomic E-state index is -0.515. The fraction of sp³-hybridized carbons (Fsp3) is 0.136. The van der Waals surface area contributed by atoms with Crippen LogP contribution >= 0.6 is 11.8 Å². The number of carbonyl (C=O) groups is 3. The van der Waals surface area contributed by atoms with Gasteiger partial charge < -0.3 is 19.8 Å². The number of ether oxygens (including phenoxy) is 1. The number of methoxy groups -OCH3 is 1. The second-order valence-electron chi connectivity index (χ2n) is 6.24. The van der Waals surface area contributed by atoms with Gasteiger partial charge in [-0.25, -0.2) is 4.79 Å². The summed E-state index contributed by atoms with van der Waals surface area (Å²) in [5.41, 5.74) is 1.31. The molecular formula is C22H20N2O5S. The Bertz CT molecular complexity index is 1030. The molecule has 1 heterocycles. The summed E-state index contributed by atoms with van der Waals surface area (Å²) in [5, 5.41) is 5.09. The van der Waals surface area contributed by atoms with Gasteiger partial charge in [0.2, 0.25) is 5.91 Å². The summed E-state index contributed by atoms with van der Waals surface area (Å²) in [6, 6.07) is 17.0. The summed E-state index contributed by atoms with van der Waals surface area (Å²) in [6.45, 7) is 1.77. The molecule has 0 saturated heterocycles. The predicted octanol–water partition coefficient (Wildman–Crippen LogP) is 4.44. The summed E-state index contributed by atoms with van der Waals surface area (Å²) in [7, 11) is 1.29. The molecule has 2 N–H and O–H groups in total. The van der Waals surface area contributed by atoms with Gasteiger partial charge in [-0.15, -0.1) is 11.8 Å². The van der Waals surface area contributed by atoms with Crippen LogP contribution in [-0.2, 0) is 9.53 Å². The zero-order valence-electron chi connectivity index (χ0n) is 16.4. The number of esters is 1. The van der Waals surface area contributed by atoms with Crippen molar-refractivity contribution in [2.45, 2.75) is 17.1 Å². The van der Waals surface area contributed by atoms with E-state index in [1.807, 2.05) is 12.1 Å². The Kier molecular flexibility index (Phi) is 6.92. The smallest absolute Gasteiger partial charge is 0.339 e. The minimum Gasteiger partial charge on any atom is -0.465 e. The van der Waals surface area contributed by atoms with Gasteiger partial charge in [-0.2, -0.15) is 0 Å². The molecule has 3 rings (SSSR count). The lowest BCUT2D eigenvalue weighted by Gasteiger charge is -2.14. The molecule has 0 aliphatic rings. The zero-order valence-corrected chi connectivity index (χ0v) is 17.2. The Morgan fingerprint density at radius 3 is 2.37 bits per heavy atom. The van der Waals surface area contributed by atoms with Gasteiger partial charge in [0.25, 0.3) is 5.91 Å². The minimum absolute atomic E-state index is 0.228. The van der Waals surface area contributed by atoms with E-state index >= 15 is 0 Å². The second-order valence-corrected chi connectivity index (χ2v) is 7.66. The monoisotopic (exact) mass is 424 g/mol. The summed E-state index contributed by atoms with van der Waals surface area (Å²) in [6.07, 6.45) is 1.44. The molecular weight excluding hydrogens is 404 g/mol. The first kappa shape index (κ1) is 21.2. The summed E-state index contributed by atoms with van der Waals surface area (Å²) >= 11 is 1.36. The second kappa shape index (κ2) is 9.80. The van der Waals surface area contributed by atoms with Crippen molar-refractivity contribution >= 4 is 40.9 Å². The number of furan rings is 1. The Hall–Kier alpha value is -3.52. The highest BCUT2D eigenvalue weighted by molar-refractivity contribution is 8.00. The summed E-state index contributed by atoms with van der Waals surface area (Å²) < 4.78 is 9.81. The molecule has 0 fully saturated rings. The Balaban J connectivity index is 1.59. The Labute approximate surface area is 177 Å². The first-order valence-electron chi connectivity index (χ1n) is 9.07. The molecule has 1 aromatic heterocycles. The molecule has 30 heavy (non-hydrogen) atoms. The highest BCUT2D eigenvalue weighted by Crippen LogP contribution is 2.26. The molecule has 1 unspecified atom stereocenters. The maximum atomic E-state index is 12.6. The fourth-order valence-electron chi connectivity index (χ4n) is 2.59. The predicted molar refractivity (Wildman–Crippen MR) is 115 cm³/mol. The van der Waals surface area contributed by atoms with E-state index in [4.69, 9.17) is 9.15 Å². The number of amides is 2. The molecule has 7 nitrogen and oxygen atoms in total. The van der Waals surface area contributed by atoms with Crippen LogP contribution in [0.3, 0.4) is 0 Å². The van der Waals surface area contributed by atoms with Crippen LogP contribution in [0.1, 0.15) is 27.8 Å². The van der Waals surface area contributed by atoms with Crippen molar-refractivity contribution in [2.24, 2.45) is 0 Å². The number of carbonyl (C=O) groups excluding carboxylic acids is 3. The number of anilines is 2. The third kappa shape index (κ3) is 5.30. The average molecular weight is 424 g/mol. The van der Waals surface area contributed by atoms with Crippen LogP contribution in [-0.4, -0.2) is 30.1 Å². The van der Waals surface area contributed by atoms with E-state index in [1.165, 1.54) is 25.1 Å². The number of rotatable bonds is 7. The van der Waals surface area contributed by atoms with Crippen molar-refractivity contribution in [1.82, 2.24) is 0 Å². The van der Waals surface area contributed by atoms with Crippen molar-refractivity contribution in [3.05, 3.63) is 78.3 Å². The van der Waals surface area contributed by atoms with E-state index in [0.717, 1.165) is 4.90 Å². The highest BCUT2D eigenvalue weighted by atomic mass is 32.2. The SMILES string of the molecule is COC(=O)c1ccccc1NC(=O)C(C)Sc1ccc(NC(=O)c2ccco2)cc1. The zero-order chi connectivity index (χ0) is 21.5. The largest absolute Gasteiger partial charge is 0.465 e. The number of hydrogen-bond acceptors (Lipinski definition) is 6. The summed E-state index contributed by atoms with van der Waals surface area (Å²) in [5.74, 6) is -0.867. The topological polar surface area (TPSA) is 97.6 Å². The van der Waals surface area contributed by atoms with Crippen LogP contribution in [0.5, 0.6) is 0 Å². The van der Waals surface area contributed by atoms with Gasteiger partial charge in [0, 0.05) is 10.6 Å². The number of benzene rings is 2. The van der Waals surface area contributed by atoms with Gasteiger partial charge in [-0.3, -0.25) is 9.59 Å². The van der Waals surface area contributed by atoms with Crippen molar-refractivity contribution in [3.63, 3.8) is 0 Å². The fourth-order valence-corrected chi connectivity index (χ4v) is 3.46. The van der Waals surface area contributed by atoms with E-state index in [2.05, 4.69) is 10.6 Å². The average Bonchev–Trinajstić information content (AvgIpc) is 3.30. The number of hydrogen-bond donors (Lipinski definition) is 2. The van der Waals surface area contributed by atoms with Crippen LogP contribution < -0.4 is 10.6 Å². The molecule has 154 valence electrons. The van der Waals surface area contributed by atoms with Crippen LogP contribution in [0.4, 0.5) is 11.4 Å². The van der Waals surface area contributed by atoms with Gasteiger partial charge >= 0.3 is 5.97 Å². The van der Waals surface area contributed by atoms with Crippen molar-refractivity contribution in [2.75, 3.05) is 17.7 Å². The van der Waals surface area contributed by atoms with E-state index < -0.39 is 11.2 Å². The maximum absolute atomic E-state index is 12.6. The van der Waals surface area contributed by atoms with E-state index in [1.54, 1.807) is 55.5 Å². The number of thioether (sulfide) groups is 1. The molecule has 8 heteroatoms. The van der Waals surface area contributed by atoms with E-state index in [9.17, 15) is 14.4 Å². The molecule has 0 saturated carbocycles. The van der Waals surface area contributed by atoms with E-state index in [-0.39, 0.29) is 17.6 Å². The van der Waals surface area contributed by atoms with Gasteiger partial charge in [-0.1, -0.05) is 12.1 Å². The molecule has 0 spiro atoms. The molecule has 0 aliphatic carbocycles. The molecule has 2 amide bonds. The van der Waals surface area contributed by atoms with Gasteiger partial charge in [0.05, 0.1) is 29.9 Å². The quantitative estimate of drug-likeness (QED) is 0.430. The third-order valence-corrected chi connectivity index (χ3v) is 5.24. The van der Waals surface area contributed by atoms with Gasteiger partial charge in [0.15, 0.2) is 5.76 Å². The van der Waals surface area contributed by atoms with Crippen LogP contribution in [0.25, 0.3) is 0 Å². The van der Waals surface area contributed by atoms with Crippen molar-refractivity contribution in [3.8, 4) is 0 Å². The maximum Gasteiger partial charge on any atom is 0.339 e. The lowest BCUT2D eigenvalue weighted by Crippen LogP contribution is -2.23. The lowest BCUT2D eigenvalue weighted by atomic mass is 10.2. The molecule has 2 aromatic carbocycles. The normalized spacial score (nSPS) is 11.4. The highest BCUT2D eigenvalue weighted by Gasteiger charge is 2.18. The Morgan fingerprint density at radius 2 is 1.70 bits per heavy atom. The number of nitrogens with one attached hydrogen (secondary N) is 2. The van der Waals surface area contributed by atoms with E-state index in [0.29, 0.717) is 16.9 Å². The third-order valence-electron chi connectivity index (χ3n) is 4.13. The first-order valence-corrected chi connectivity index (χ1v) is 9.95. The molecule has 1 atom stereocenters. The van der Waals surface area contributed by atoms with Crippen LogP contribution in [0.15, 0.2) is 76.2 Å². The first-order chi connectivity index (χ1) is 14.5. The number of para-hydroxylation sites is 1. The molecule has 0 aliphatic heterocycles. The van der Waals surface area contributed by atoms with Crippen molar-refractivity contribution < 1.29 is 23.5 Å². The van der Waals surface area contributed by atoms with Crippen LogP contribution in [0, 0.1) is 0 Å². The van der Waals surface area contributed by atoms with Crippen molar-refractivity contribution in [1.29, 1.82) is 0 Å². The molecule has 0 radical (unpaired) electrons. The standard InChI is InChI=1S/C22H20N2O5S/c1-14(20(25)24-18-7-4-3-6-17(18)22(27)28-2)30-16-11-9-15(10-12-16)23-21(26)19-8-5-13-29-19/h3-14H,1-2H3,(H,23,26)(H,24,25). The summed E-state index contributed by atoms with van der Waals surface area (Å²) in [4.78, 5) is 37.3. The van der Waals surface area contributed by atoms with Gasteiger partial charge in [0.1, 0.15) is 0 Å². The van der Waals surface area contributed by atoms with Crippen LogP contribution in [0.2, 0.25) is 0 Å².